The van der Waals surface area contributed by atoms with Crippen molar-refractivity contribution < 1.29 is 18.1 Å². The topological polar surface area (TPSA) is 44.8 Å². The van der Waals surface area contributed by atoms with Gasteiger partial charge in [-0.05, 0) is 36.4 Å². The van der Waals surface area contributed by atoms with E-state index in [4.69, 9.17) is 13.6 Å². The average molecular weight is 454 g/mol. The van der Waals surface area contributed by atoms with Crippen LogP contribution in [0.4, 0.5) is 0 Å². The number of benzene rings is 3. The molecular weight excluding hydrogens is 438 g/mol. The molecule has 124 valence electrons. The number of hydrogen-bond donors (Lipinski definition) is 0. The van der Waals surface area contributed by atoms with Crippen LogP contribution in [0, 0.1) is 0 Å². The predicted molar refractivity (Wildman–Crippen MR) is 104 cm³/mol. The molecule has 0 heterocycles. The second-order valence-electron chi connectivity index (χ2n) is 4.66. The summed E-state index contributed by atoms with van der Waals surface area (Å²) in [6.45, 7) is 0. The van der Waals surface area contributed by atoms with Crippen molar-refractivity contribution in [3.63, 3.8) is 0 Å². The maximum absolute atomic E-state index is 13.1. The lowest BCUT2D eigenvalue weighted by atomic mass is 10.3. The average Bonchev–Trinajstić information content (AvgIpc) is 2.57. The number of phosphoric acid groups is 1. The highest BCUT2D eigenvalue weighted by atomic mass is 127. The summed E-state index contributed by atoms with van der Waals surface area (Å²) in [6.07, 6.45) is 0. The first-order valence-electron chi connectivity index (χ1n) is 7.07. The Balaban J connectivity index is 0.00000208. The molecule has 0 aromatic heterocycles. The summed E-state index contributed by atoms with van der Waals surface area (Å²) in [5.74, 6) is 1.22. The van der Waals surface area contributed by atoms with E-state index in [2.05, 4.69) is 0 Å². The third-order valence-corrected chi connectivity index (χ3v) is 4.18. The van der Waals surface area contributed by atoms with Gasteiger partial charge in [-0.1, -0.05) is 54.6 Å². The summed E-state index contributed by atoms with van der Waals surface area (Å²) in [6, 6.07) is 26.4. The van der Waals surface area contributed by atoms with Crippen LogP contribution in [-0.2, 0) is 4.57 Å². The molecule has 3 rings (SSSR count). The minimum atomic E-state index is -3.89. The number of phosphoric ester groups is 1. The van der Waals surface area contributed by atoms with Crippen LogP contribution >= 0.6 is 31.8 Å². The van der Waals surface area contributed by atoms with E-state index in [0.29, 0.717) is 17.2 Å². The molecule has 0 aliphatic carbocycles. The van der Waals surface area contributed by atoms with Gasteiger partial charge in [-0.25, -0.2) is 0 Å². The van der Waals surface area contributed by atoms with Crippen LogP contribution in [0.3, 0.4) is 0 Å². The molecule has 0 aliphatic heterocycles. The van der Waals surface area contributed by atoms with Crippen LogP contribution in [0.25, 0.3) is 0 Å². The van der Waals surface area contributed by atoms with Crippen LogP contribution in [0.15, 0.2) is 91.0 Å². The molecule has 0 fully saturated rings. The number of para-hydroxylation sites is 3. The molecule has 3 aromatic rings. The van der Waals surface area contributed by atoms with Crippen LogP contribution in [-0.4, -0.2) is 0 Å². The number of rotatable bonds is 6. The van der Waals surface area contributed by atoms with Crippen molar-refractivity contribution in [3.05, 3.63) is 91.0 Å². The smallest absolute Gasteiger partial charge is 0.386 e. The molecule has 0 radical (unpaired) electrons. The SMILES string of the molecule is I.O=P(Oc1ccccc1)(Oc1ccccc1)Oc1ccccc1. The molecule has 24 heavy (non-hydrogen) atoms. The fourth-order valence-electron chi connectivity index (χ4n) is 1.89. The van der Waals surface area contributed by atoms with Crippen LogP contribution in [0.2, 0.25) is 0 Å². The first-order chi connectivity index (χ1) is 11.2. The summed E-state index contributed by atoms with van der Waals surface area (Å²) >= 11 is 0. The largest absolute Gasteiger partial charge is 0.647 e. The molecule has 0 spiro atoms. The highest BCUT2D eigenvalue weighted by Gasteiger charge is 2.33. The van der Waals surface area contributed by atoms with E-state index < -0.39 is 7.82 Å². The van der Waals surface area contributed by atoms with Crippen molar-refractivity contribution >= 4 is 31.8 Å². The fraction of sp³-hybridized carbons (Fsp3) is 0. The van der Waals surface area contributed by atoms with Gasteiger partial charge >= 0.3 is 7.82 Å². The zero-order chi connectivity index (χ0) is 16.0. The van der Waals surface area contributed by atoms with Gasteiger partial charge in [0.05, 0.1) is 0 Å². The molecule has 0 saturated heterocycles. The second kappa shape index (κ2) is 8.76. The lowest BCUT2D eigenvalue weighted by Gasteiger charge is -2.19. The Hall–Kier alpha value is -1.98. The van der Waals surface area contributed by atoms with Crippen LogP contribution in [0.1, 0.15) is 0 Å². The molecule has 0 N–H and O–H groups in total. The Morgan fingerprint density at radius 3 is 1.00 bits per heavy atom. The zero-order valence-electron chi connectivity index (χ0n) is 12.6. The van der Waals surface area contributed by atoms with Gasteiger partial charge in [-0.15, -0.1) is 24.0 Å². The van der Waals surface area contributed by atoms with Crippen LogP contribution in [0.5, 0.6) is 17.2 Å². The van der Waals surface area contributed by atoms with Gasteiger partial charge in [0.2, 0.25) is 0 Å². The van der Waals surface area contributed by atoms with Crippen LogP contribution < -0.4 is 13.6 Å². The first kappa shape index (κ1) is 18.4. The van der Waals surface area contributed by atoms with Crippen molar-refractivity contribution in [1.29, 1.82) is 0 Å². The Bertz CT molecular complexity index is 674. The fourth-order valence-corrected chi connectivity index (χ4v) is 3.14. The molecule has 0 aliphatic rings. The normalized spacial score (nSPS) is 10.3. The van der Waals surface area contributed by atoms with Crippen molar-refractivity contribution in [2.75, 3.05) is 0 Å². The van der Waals surface area contributed by atoms with E-state index in [1.54, 1.807) is 72.8 Å². The quantitative estimate of drug-likeness (QED) is 0.341. The van der Waals surface area contributed by atoms with E-state index >= 15 is 0 Å². The summed E-state index contributed by atoms with van der Waals surface area (Å²) in [4.78, 5) is 0. The van der Waals surface area contributed by atoms with Gasteiger partial charge in [-0.2, -0.15) is 4.57 Å². The molecule has 0 saturated carbocycles. The lowest BCUT2D eigenvalue weighted by molar-refractivity contribution is 0.298. The van der Waals surface area contributed by atoms with Crippen molar-refractivity contribution in [1.82, 2.24) is 0 Å². The molecule has 6 heteroatoms. The summed E-state index contributed by atoms with van der Waals surface area (Å²) in [5.41, 5.74) is 0. The van der Waals surface area contributed by atoms with E-state index in [0.717, 1.165) is 0 Å². The highest BCUT2D eigenvalue weighted by molar-refractivity contribution is 14.0. The summed E-state index contributed by atoms with van der Waals surface area (Å²) in [5, 5.41) is 0. The molecule has 4 nitrogen and oxygen atoms in total. The molecule has 3 aromatic carbocycles. The number of hydrogen-bond acceptors (Lipinski definition) is 4. The first-order valence-corrected chi connectivity index (χ1v) is 8.54. The van der Waals surface area contributed by atoms with E-state index in [9.17, 15) is 4.57 Å². The van der Waals surface area contributed by atoms with E-state index in [1.165, 1.54) is 0 Å². The maximum Gasteiger partial charge on any atom is 0.647 e. The van der Waals surface area contributed by atoms with Crippen molar-refractivity contribution in [2.45, 2.75) is 0 Å². The van der Waals surface area contributed by atoms with Crippen molar-refractivity contribution in [2.24, 2.45) is 0 Å². The van der Waals surface area contributed by atoms with Gasteiger partial charge in [0, 0.05) is 0 Å². The van der Waals surface area contributed by atoms with Gasteiger partial charge in [0.25, 0.3) is 0 Å². The Morgan fingerprint density at radius 1 is 0.500 bits per heavy atom. The van der Waals surface area contributed by atoms with Gasteiger partial charge in [0.15, 0.2) is 0 Å². The minimum absolute atomic E-state index is 0. The van der Waals surface area contributed by atoms with Gasteiger partial charge in [0.1, 0.15) is 17.2 Å². The van der Waals surface area contributed by atoms with Crippen molar-refractivity contribution in [3.8, 4) is 17.2 Å². The third kappa shape index (κ3) is 5.28. The van der Waals surface area contributed by atoms with E-state index in [1.807, 2.05) is 18.2 Å². The summed E-state index contributed by atoms with van der Waals surface area (Å²) < 4.78 is 29.6. The second-order valence-corrected chi connectivity index (χ2v) is 6.10. The van der Waals surface area contributed by atoms with E-state index in [-0.39, 0.29) is 24.0 Å². The maximum atomic E-state index is 13.1. The number of halogens is 1. The molecule has 0 unspecified atom stereocenters. The molecule has 0 bridgehead atoms. The zero-order valence-corrected chi connectivity index (χ0v) is 15.9. The van der Waals surface area contributed by atoms with Gasteiger partial charge in [-0.3, -0.25) is 0 Å². The Labute approximate surface area is 158 Å². The monoisotopic (exact) mass is 454 g/mol. The van der Waals surface area contributed by atoms with Gasteiger partial charge < -0.3 is 13.6 Å². The highest BCUT2D eigenvalue weighted by Crippen LogP contribution is 2.49. The predicted octanol–water partition coefficient (Wildman–Crippen LogP) is 5.95. The Kier molecular flexibility index (Phi) is 6.70. The Morgan fingerprint density at radius 2 is 0.750 bits per heavy atom. The minimum Gasteiger partial charge on any atom is -0.386 e. The third-order valence-electron chi connectivity index (χ3n) is 2.88. The molecule has 0 atom stereocenters. The molecular formula is C18H16IO4P. The lowest BCUT2D eigenvalue weighted by Crippen LogP contribution is -2.07. The standard InChI is InChI=1S/C18H15O4P.HI/c19-23(20-16-10-4-1-5-11-16,21-17-12-6-2-7-13-17)22-18-14-8-3-9-15-18;/h1-15H;1H. The molecule has 0 amide bonds. The summed E-state index contributed by atoms with van der Waals surface area (Å²) in [7, 11) is -3.89.